The van der Waals surface area contributed by atoms with Gasteiger partial charge in [-0.05, 0) is 69.6 Å². The van der Waals surface area contributed by atoms with E-state index in [4.69, 9.17) is 6.15 Å². The lowest BCUT2D eigenvalue weighted by Gasteiger charge is -2.48. The number of piperidine rings is 2. The van der Waals surface area contributed by atoms with E-state index in [-0.39, 0.29) is 0 Å². The van der Waals surface area contributed by atoms with Crippen molar-refractivity contribution < 1.29 is 6.15 Å². The molecule has 3 nitrogen and oxygen atoms in total. The van der Waals surface area contributed by atoms with Crippen LogP contribution in [0.1, 0.15) is 39.0 Å². The highest BCUT2D eigenvalue weighted by molar-refractivity contribution is 4.92. The first-order valence-corrected chi connectivity index (χ1v) is 7.74. The van der Waals surface area contributed by atoms with Crippen molar-refractivity contribution in [3.8, 4) is 0 Å². The third kappa shape index (κ3) is 2.59. The van der Waals surface area contributed by atoms with Gasteiger partial charge in [0.1, 0.15) is 1.41 Å². The van der Waals surface area contributed by atoms with Gasteiger partial charge in [0, 0.05) is 12.6 Å². The molecule has 3 heterocycles. The zero-order valence-corrected chi connectivity index (χ0v) is 11.7. The molecule has 2 atom stereocenters. The van der Waals surface area contributed by atoms with Crippen molar-refractivity contribution in [3.05, 3.63) is 0 Å². The Kier molecular flexibility index (Phi) is 3.56. The van der Waals surface area contributed by atoms with E-state index < -0.39 is 0 Å². The minimum absolute atomic E-state index is 0.572. The van der Waals surface area contributed by atoms with Crippen molar-refractivity contribution >= 4 is 0 Å². The molecule has 1 spiro atoms. The molecular weight excluding hydrogens is 224 g/mol. The molecule has 0 saturated carbocycles. The molecule has 0 aromatic rings. The van der Waals surface area contributed by atoms with Crippen LogP contribution in [0.2, 0.25) is 1.41 Å². The van der Waals surface area contributed by atoms with Crippen LogP contribution in [-0.4, -0.2) is 50.3 Å². The van der Waals surface area contributed by atoms with Crippen LogP contribution in [0.3, 0.4) is 0 Å². The highest BCUT2D eigenvalue weighted by atomic mass is 16.5. The molecule has 1 N–H and O–H groups in total. The lowest BCUT2D eigenvalue weighted by atomic mass is 9.71. The monoisotopic (exact) mass is 253 g/mol. The molecule has 3 saturated heterocycles. The van der Waals surface area contributed by atoms with Crippen molar-refractivity contribution in [2.75, 3.05) is 39.4 Å². The standard InChI is InChI=1S/C15H28N2O/c1-13-12-18-11-2-14(13)17-9-5-15(6-10-17)3-7-16-8-4-15/h13-14,16H,2-12H2,1H3/i/hD. The number of nitrogens with one attached hydrogen (secondary N) is 1. The van der Waals surface area contributed by atoms with E-state index in [0.29, 0.717) is 11.3 Å². The highest BCUT2D eigenvalue weighted by Gasteiger charge is 2.38. The maximum absolute atomic E-state index is 7.71. The van der Waals surface area contributed by atoms with Gasteiger partial charge < -0.3 is 10.0 Å². The molecule has 3 aliphatic heterocycles. The highest BCUT2D eigenvalue weighted by Crippen LogP contribution is 2.40. The minimum atomic E-state index is 0.572. The SMILES string of the molecule is [2H]N1CCC2(CC1)CCN(C1CCOCC1C)CC2. The number of hydrogen-bond acceptors (Lipinski definition) is 3. The molecular formula is C15H28N2O. The Morgan fingerprint density at radius 3 is 2.61 bits per heavy atom. The summed E-state index contributed by atoms with van der Waals surface area (Å²) in [5.41, 5.74) is 0.572. The quantitative estimate of drug-likeness (QED) is 0.772. The summed E-state index contributed by atoms with van der Waals surface area (Å²) in [5.74, 6) is 0.692. The molecule has 0 aromatic carbocycles. The van der Waals surface area contributed by atoms with Crippen LogP contribution >= 0.6 is 0 Å². The summed E-state index contributed by atoms with van der Waals surface area (Å²) in [5, 5.41) is 1.75. The van der Waals surface area contributed by atoms with Gasteiger partial charge >= 0.3 is 0 Å². The fourth-order valence-corrected chi connectivity index (χ4v) is 4.11. The average molecular weight is 253 g/mol. The second-order valence-corrected chi connectivity index (χ2v) is 6.62. The second-order valence-electron chi connectivity index (χ2n) is 6.62. The minimum Gasteiger partial charge on any atom is -0.381 e. The summed E-state index contributed by atoms with van der Waals surface area (Å²) in [7, 11) is 0. The maximum atomic E-state index is 7.71. The maximum Gasteiger partial charge on any atom is 0.122 e. The predicted octanol–water partition coefficient (Wildman–Crippen LogP) is 1.88. The molecule has 104 valence electrons. The van der Waals surface area contributed by atoms with Gasteiger partial charge in [-0.15, -0.1) is 0 Å². The smallest absolute Gasteiger partial charge is 0.122 e. The van der Waals surface area contributed by atoms with E-state index in [1.807, 2.05) is 0 Å². The van der Waals surface area contributed by atoms with Gasteiger partial charge in [-0.1, -0.05) is 6.92 Å². The third-order valence-corrected chi connectivity index (χ3v) is 5.52. The van der Waals surface area contributed by atoms with Gasteiger partial charge in [-0.3, -0.25) is 4.90 Å². The Hall–Kier alpha value is -0.120. The molecule has 0 amide bonds. The zero-order chi connectivity index (χ0) is 13.3. The summed E-state index contributed by atoms with van der Waals surface area (Å²) >= 11 is 0. The van der Waals surface area contributed by atoms with Crippen LogP contribution in [0.4, 0.5) is 0 Å². The van der Waals surface area contributed by atoms with Crippen molar-refractivity contribution in [1.29, 1.82) is 0 Å². The number of likely N-dealkylation sites (tertiary alicyclic amines) is 1. The van der Waals surface area contributed by atoms with E-state index >= 15 is 0 Å². The second kappa shape index (κ2) is 5.48. The Morgan fingerprint density at radius 2 is 1.94 bits per heavy atom. The summed E-state index contributed by atoms with van der Waals surface area (Å²) in [6.07, 6.45) is 6.41. The van der Waals surface area contributed by atoms with Crippen LogP contribution in [0.25, 0.3) is 0 Å². The molecule has 3 rings (SSSR count). The van der Waals surface area contributed by atoms with Gasteiger partial charge in [-0.2, -0.15) is 0 Å². The lowest BCUT2D eigenvalue weighted by molar-refractivity contribution is -0.0318. The average Bonchev–Trinajstić information content (AvgIpc) is 2.44. The fraction of sp³-hybridized carbons (Fsp3) is 1.00. The van der Waals surface area contributed by atoms with E-state index in [9.17, 15) is 0 Å². The molecule has 18 heavy (non-hydrogen) atoms. The fourth-order valence-electron chi connectivity index (χ4n) is 4.11. The molecule has 3 aliphatic rings. The molecule has 0 aromatic heterocycles. The Bertz CT molecular complexity index is 295. The third-order valence-electron chi connectivity index (χ3n) is 5.52. The van der Waals surface area contributed by atoms with Gasteiger partial charge in [0.25, 0.3) is 0 Å². The van der Waals surface area contributed by atoms with E-state index in [1.165, 1.54) is 45.2 Å². The van der Waals surface area contributed by atoms with Crippen LogP contribution in [-0.2, 0) is 4.74 Å². The van der Waals surface area contributed by atoms with Crippen molar-refractivity contribution in [1.82, 2.24) is 10.2 Å². The molecule has 3 heteroatoms. The van der Waals surface area contributed by atoms with Crippen molar-refractivity contribution in [2.45, 2.75) is 45.1 Å². The van der Waals surface area contributed by atoms with Crippen molar-refractivity contribution in [2.24, 2.45) is 11.3 Å². The number of nitrogens with zero attached hydrogens (tertiary/aromatic N) is 1. The topological polar surface area (TPSA) is 24.5 Å². The number of hydrogen-bond donors (Lipinski definition) is 1. The van der Waals surface area contributed by atoms with E-state index in [2.05, 4.69) is 11.8 Å². The molecule has 0 aliphatic carbocycles. The Labute approximate surface area is 113 Å². The number of rotatable bonds is 1. The Balaban J connectivity index is 1.54. The summed E-state index contributed by atoms with van der Waals surface area (Å²) < 4.78 is 13.3. The molecule has 0 bridgehead atoms. The Morgan fingerprint density at radius 1 is 1.22 bits per heavy atom. The first kappa shape index (κ1) is 11.7. The van der Waals surface area contributed by atoms with Gasteiger partial charge in [0.2, 0.25) is 0 Å². The van der Waals surface area contributed by atoms with Gasteiger partial charge in [-0.25, -0.2) is 0 Å². The largest absolute Gasteiger partial charge is 0.381 e. The van der Waals surface area contributed by atoms with Gasteiger partial charge in [0.05, 0.1) is 6.61 Å². The van der Waals surface area contributed by atoms with Crippen LogP contribution in [0.15, 0.2) is 0 Å². The summed E-state index contributed by atoms with van der Waals surface area (Å²) in [4.78, 5) is 2.73. The zero-order valence-electron chi connectivity index (χ0n) is 12.7. The van der Waals surface area contributed by atoms with Crippen LogP contribution < -0.4 is 5.31 Å². The molecule has 2 unspecified atom stereocenters. The summed E-state index contributed by atoms with van der Waals surface area (Å²) in [6.45, 7) is 8.73. The lowest BCUT2D eigenvalue weighted by Crippen LogP contribution is -2.52. The normalized spacial score (nSPS) is 39.7. The van der Waals surface area contributed by atoms with Crippen LogP contribution in [0, 0.1) is 11.3 Å². The van der Waals surface area contributed by atoms with Gasteiger partial charge in [0.15, 0.2) is 0 Å². The van der Waals surface area contributed by atoms with Crippen molar-refractivity contribution in [3.63, 3.8) is 0 Å². The van der Waals surface area contributed by atoms with E-state index in [1.54, 1.807) is 5.31 Å². The predicted molar refractivity (Wildman–Crippen MR) is 73.7 cm³/mol. The molecule has 0 radical (unpaired) electrons. The number of ether oxygens (including phenoxy) is 1. The first-order chi connectivity index (χ1) is 9.19. The van der Waals surface area contributed by atoms with Crippen LogP contribution in [0.5, 0.6) is 0 Å². The van der Waals surface area contributed by atoms with E-state index in [0.717, 1.165) is 32.3 Å². The summed E-state index contributed by atoms with van der Waals surface area (Å²) in [6, 6.07) is 0.752. The first-order valence-electron chi connectivity index (χ1n) is 8.19. The molecule has 3 fully saturated rings.